The van der Waals surface area contributed by atoms with Crippen molar-refractivity contribution in [3.05, 3.63) is 0 Å². The molecule has 3 nitrogen and oxygen atoms in total. The molecule has 0 saturated carbocycles. The molecule has 0 spiro atoms. The zero-order valence-electron chi connectivity index (χ0n) is 7.06. The molecule has 0 bridgehead atoms. The van der Waals surface area contributed by atoms with E-state index in [1.54, 1.807) is 0 Å². The number of carbonyl (C=O) groups excluding carboxylic acids is 1. The number of methoxy groups -OCH3 is 1. The van der Waals surface area contributed by atoms with E-state index in [0.29, 0.717) is 0 Å². The van der Waals surface area contributed by atoms with E-state index in [9.17, 15) is 4.79 Å². The Hall–Kier alpha value is -0.280. The summed E-state index contributed by atoms with van der Waals surface area (Å²) in [6.07, 6.45) is 0.888. The molecule has 0 amide bonds. The number of esters is 1. The van der Waals surface area contributed by atoms with Crippen molar-refractivity contribution in [1.82, 2.24) is 4.84 Å². The number of carbonyl (C=O) groups is 1. The molecule has 2 unspecified atom stereocenters. The average molecular weight is 180 g/mol. The van der Waals surface area contributed by atoms with Gasteiger partial charge in [-0.15, -0.1) is 0 Å². The lowest BCUT2D eigenvalue weighted by atomic mass is 10.0. The summed E-state index contributed by atoms with van der Waals surface area (Å²) < 4.78 is 4.54. The van der Waals surface area contributed by atoms with Gasteiger partial charge >= 0.3 is 5.97 Å². The molecule has 0 aliphatic carbocycles. The summed E-state index contributed by atoms with van der Waals surface area (Å²) in [6, 6.07) is -0.397. The van der Waals surface area contributed by atoms with Crippen LogP contribution in [0.3, 0.4) is 0 Å². The van der Waals surface area contributed by atoms with Crippen LogP contribution in [0.5, 0.6) is 0 Å². The van der Waals surface area contributed by atoms with E-state index in [4.69, 9.17) is 11.8 Å². The summed E-state index contributed by atoms with van der Waals surface area (Å²) in [5, 5.41) is 0. The number of halogens is 1. The minimum atomic E-state index is -0.397. The number of nitrogens with one attached hydrogen (secondary N) is 1. The number of hydrogen-bond acceptors (Lipinski definition) is 3. The molecule has 4 heteroatoms. The summed E-state index contributed by atoms with van der Waals surface area (Å²) in [5.41, 5.74) is 0. The Balaban J connectivity index is 4.03. The van der Waals surface area contributed by atoms with Gasteiger partial charge in [-0.2, -0.15) is 0 Å². The van der Waals surface area contributed by atoms with Gasteiger partial charge in [0, 0.05) is 0 Å². The van der Waals surface area contributed by atoms with Crippen LogP contribution in [0.15, 0.2) is 0 Å². The van der Waals surface area contributed by atoms with Gasteiger partial charge in [-0.05, 0) is 17.7 Å². The molecule has 0 radical (unpaired) electrons. The minimum absolute atomic E-state index is 0.194. The molecule has 0 aliphatic heterocycles. The summed E-state index contributed by atoms with van der Waals surface area (Å²) >= 11 is 5.36. The van der Waals surface area contributed by atoms with Crippen LogP contribution in [0.4, 0.5) is 0 Å². The maximum absolute atomic E-state index is 11.0. The fourth-order valence-electron chi connectivity index (χ4n) is 0.747. The summed E-state index contributed by atoms with van der Waals surface area (Å²) in [5.74, 6) is -0.116. The third-order valence-corrected chi connectivity index (χ3v) is 2.02. The molecule has 66 valence electrons. The van der Waals surface area contributed by atoms with Crippen LogP contribution in [0.2, 0.25) is 0 Å². The van der Waals surface area contributed by atoms with Crippen LogP contribution in [0.1, 0.15) is 20.3 Å². The number of ether oxygens (including phenoxy) is 1. The monoisotopic (exact) mass is 179 g/mol. The van der Waals surface area contributed by atoms with Gasteiger partial charge in [0.2, 0.25) is 0 Å². The molecule has 0 aromatic carbocycles. The number of hydrogen-bond donors (Lipinski definition) is 1. The van der Waals surface area contributed by atoms with Crippen LogP contribution in [0, 0.1) is 5.92 Å². The van der Waals surface area contributed by atoms with E-state index >= 15 is 0 Å². The smallest absolute Gasteiger partial charge is 0.324 e. The Morgan fingerprint density at radius 1 is 1.73 bits per heavy atom. The maximum Gasteiger partial charge on any atom is 0.324 e. The lowest BCUT2D eigenvalue weighted by Crippen LogP contribution is -2.37. The van der Waals surface area contributed by atoms with Gasteiger partial charge in [-0.3, -0.25) is 4.79 Å². The third-order valence-electron chi connectivity index (χ3n) is 1.79. The first-order valence-electron chi connectivity index (χ1n) is 3.61. The largest absolute Gasteiger partial charge is 0.468 e. The highest BCUT2D eigenvalue weighted by atomic mass is 35.5. The fourth-order valence-corrected chi connectivity index (χ4v) is 1.05. The van der Waals surface area contributed by atoms with Crippen LogP contribution in [-0.2, 0) is 9.53 Å². The van der Waals surface area contributed by atoms with Gasteiger partial charge in [-0.25, -0.2) is 4.84 Å². The van der Waals surface area contributed by atoms with Gasteiger partial charge in [0.1, 0.15) is 6.04 Å². The number of rotatable bonds is 4. The molecular weight excluding hydrogens is 166 g/mol. The van der Waals surface area contributed by atoms with Crippen LogP contribution in [-0.4, -0.2) is 19.1 Å². The predicted molar refractivity (Wildman–Crippen MR) is 44.2 cm³/mol. The van der Waals surface area contributed by atoms with E-state index in [-0.39, 0.29) is 11.9 Å². The van der Waals surface area contributed by atoms with Gasteiger partial charge in [0.15, 0.2) is 0 Å². The first kappa shape index (κ1) is 10.7. The summed E-state index contributed by atoms with van der Waals surface area (Å²) in [6.45, 7) is 3.94. The second kappa shape index (κ2) is 5.38. The highest BCUT2D eigenvalue weighted by Gasteiger charge is 2.23. The molecule has 0 aromatic heterocycles. The Bertz CT molecular complexity index is 130. The van der Waals surface area contributed by atoms with Crippen molar-refractivity contribution in [2.45, 2.75) is 26.3 Å². The van der Waals surface area contributed by atoms with Crippen LogP contribution < -0.4 is 4.84 Å². The molecule has 1 N–H and O–H groups in total. The Morgan fingerprint density at radius 3 is 2.55 bits per heavy atom. The van der Waals surface area contributed by atoms with Crippen LogP contribution in [0.25, 0.3) is 0 Å². The lowest BCUT2D eigenvalue weighted by molar-refractivity contribution is -0.143. The van der Waals surface area contributed by atoms with Crippen molar-refractivity contribution in [3.8, 4) is 0 Å². The Morgan fingerprint density at radius 2 is 2.27 bits per heavy atom. The normalized spacial score (nSPS) is 15.6. The van der Waals surface area contributed by atoms with Crippen LogP contribution >= 0.6 is 11.8 Å². The van der Waals surface area contributed by atoms with Crippen molar-refractivity contribution in [2.75, 3.05) is 7.11 Å². The predicted octanol–water partition coefficient (Wildman–Crippen LogP) is 1.32. The maximum atomic E-state index is 11.0. The first-order valence-corrected chi connectivity index (χ1v) is 3.99. The lowest BCUT2D eigenvalue weighted by Gasteiger charge is -2.17. The second-order valence-corrected chi connectivity index (χ2v) is 2.71. The van der Waals surface area contributed by atoms with Gasteiger partial charge < -0.3 is 4.74 Å². The average Bonchev–Trinajstić information content (AvgIpc) is 2.05. The third kappa shape index (κ3) is 3.08. The van der Waals surface area contributed by atoms with Crippen molar-refractivity contribution in [2.24, 2.45) is 5.92 Å². The van der Waals surface area contributed by atoms with E-state index in [0.717, 1.165) is 6.42 Å². The zero-order valence-corrected chi connectivity index (χ0v) is 7.81. The highest BCUT2D eigenvalue weighted by molar-refractivity contribution is 6.14. The van der Waals surface area contributed by atoms with Gasteiger partial charge in [-0.1, -0.05) is 20.3 Å². The molecule has 0 fully saturated rings. The van der Waals surface area contributed by atoms with Gasteiger partial charge in [0.05, 0.1) is 7.11 Å². The van der Waals surface area contributed by atoms with E-state index in [1.165, 1.54) is 7.11 Å². The Kier molecular flexibility index (Phi) is 5.24. The molecule has 0 saturated heterocycles. The van der Waals surface area contributed by atoms with Crippen molar-refractivity contribution in [1.29, 1.82) is 0 Å². The van der Waals surface area contributed by atoms with Crippen molar-refractivity contribution < 1.29 is 9.53 Å². The molecule has 2 atom stereocenters. The topological polar surface area (TPSA) is 38.3 Å². The molecule has 0 heterocycles. The van der Waals surface area contributed by atoms with Gasteiger partial charge in [0.25, 0.3) is 0 Å². The van der Waals surface area contributed by atoms with E-state index in [2.05, 4.69) is 9.57 Å². The standard InChI is InChI=1S/C7H14ClNO2/c1-4-5(2)6(9-8)7(10)11-3/h5-6,9H,4H2,1-3H3. The van der Waals surface area contributed by atoms with Crippen molar-refractivity contribution in [3.63, 3.8) is 0 Å². The quantitative estimate of drug-likeness (QED) is 0.523. The molecule has 0 aromatic rings. The Labute approximate surface area is 72.2 Å². The molecule has 0 rings (SSSR count). The van der Waals surface area contributed by atoms with E-state index < -0.39 is 6.04 Å². The molecule has 0 aliphatic rings. The van der Waals surface area contributed by atoms with E-state index in [1.807, 2.05) is 13.8 Å². The summed E-state index contributed by atoms with van der Waals surface area (Å²) in [7, 11) is 1.35. The highest BCUT2D eigenvalue weighted by Crippen LogP contribution is 2.09. The fraction of sp³-hybridized carbons (Fsp3) is 0.857. The first-order chi connectivity index (χ1) is 5.17. The molecule has 11 heavy (non-hydrogen) atoms. The molecular formula is C7H14ClNO2. The minimum Gasteiger partial charge on any atom is -0.468 e. The SMILES string of the molecule is CCC(C)C(NCl)C(=O)OC. The summed E-state index contributed by atoms with van der Waals surface area (Å²) in [4.78, 5) is 13.4. The second-order valence-electron chi connectivity index (χ2n) is 2.50. The van der Waals surface area contributed by atoms with Crippen molar-refractivity contribution >= 4 is 17.7 Å². The zero-order chi connectivity index (χ0) is 8.85.